The van der Waals surface area contributed by atoms with Gasteiger partial charge in [-0.25, -0.2) is 0 Å². The number of methoxy groups -OCH3 is 2. The van der Waals surface area contributed by atoms with Crippen molar-refractivity contribution < 1.29 is 19.0 Å². The summed E-state index contributed by atoms with van der Waals surface area (Å²) < 4.78 is 15.1. The second-order valence-electron chi connectivity index (χ2n) is 3.34. The average molecular weight is 239 g/mol. The van der Waals surface area contributed by atoms with Gasteiger partial charge < -0.3 is 14.2 Å². The topological polar surface area (TPSA) is 57.7 Å². The highest BCUT2D eigenvalue weighted by atomic mass is 16.5. The number of ether oxygens (including phenoxy) is 3. The molecule has 5 nitrogen and oxygen atoms in total. The first-order chi connectivity index (χ1) is 8.21. The fourth-order valence-electron chi connectivity index (χ4n) is 1.38. The molecule has 5 heteroatoms. The molecule has 0 saturated carbocycles. The zero-order valence-electron chi connectivity index (χ0n) is 10.4. The first-order valence-corrected chi connectivity index (χ1v) is 5.43. The molecule has 0 aliphatic rings. The van der Waals surface area contributed by atoms with Gasteiger partial charge in [-0.2, -0.15) is 0 Å². The Morgan fingerprint density at radius 2 is 2.00 bits per heavy atom. The largest absolute Gasteiger partial charge is 0.493 e. The van der Waals surface area contributed by atoms with Crippen LogP contribution in [0.1, 0.15) is 19.0 Å². The van der Waals surface area contributed by atoms with Crippen molar-refractivity contribution in [1.29, 1.82) is 0 Å². The normalized spacial score (nSPS) is 9.82. The highest BCUT2D eigenvalue weighted by molar-refractivity contribution is 5.69. The van der Waals surface area contributed by atoms with Crippen LogP contribution in [0.4, 0.5) is 0 Å². The Bertz CT molecular complexity index is 379. The lowest BCUT2D eigenvalue weighted by Crippen LogP contribution is -2.06. The molecule has 1 heterocycles. The van der Waals surface area contributed by atoms with Crippen molar-refractivity contribution in [3.63, 3.8) is 0 Å². The molecule has 0 unspecified atom stereocenters. The third-order valence-electron chi connectivity index (χ3n) is 2.22. The van der Waals surface area contributed by atoms with Crippen LogP contribution in [0.15, 0.2) is 12.3 Å². The summed E-state index contributed by atoms with van der Waals surface area (Å²) in [5.41, 5.74) is 0.774. The first-order valence-electron chi connectivity index (χ1n) is 5.43. The Balaban J connectivity index is 2.63. The molecule has 0 aliphatic carbocycles. The van der Waals surface area contributed by atoms with Crippen LogP contribution < -0.4 is 9.47 Å². The molecular weight excluding hydrogens is 222 g/mol. The van der Waals surface area contributed by atoms with Crippen molar-refractivity contribution in [1.82, 2.24) is 4.98 Å². The number of aryl methyl sites for hydroxylation is 1. The van der Waals surface area contributed by atoms with E-state index in [1.807, 2.05) is 0 Å². The fourth-order valence-corrected chi connectivity index (χ4v) is 1.38. The standard InChI is InChI=1S/C12H17NO4/c1-4-17-12(14)6-5-9-7-10(15-2)11(16-3)8-13-9/h7-8H,4-6H2,1-3H3. The quantitative estimate of drug-likeness (QED) is 0.706. The van der Waals surface area contributed by atoms with Crippen LogP contribution in [0.5, 0.6) is 11.5 Å². The summed E-state index contributed by atoms with van der Waals surface area (Å²) in [6.45, 7) is 2.19. The van der Waals surface area contributed by atoms with Gasteiger partial charge in [-0.15, -0.1) is 0 Å². The maximum Gasteiger partial charge on any atom is 0.306 e. The van der Waals surface area contributed by atoms with Crippen molar-refractivity contribution in [3.05, 3.63) is 18.0 Å². The smallest absolute Gasteiger partial charge is 0.306 e. The predicted octanol–water partition coefficient (Wildman–Crippen LogP) is 1.59. The van der Waals surface area contributed by atoms with E-state index in [-0.39, 0.29) is 5.97 Å². The van der Waals surface area contributed by atoms with Crippen LogP contribution in [0.25, 0.3) is 0 Å². The lowest BCUT2D eigenvalue weighted by molar-refractivity contribution is -0.143. The zero-order valence-corrected chi connectivity index (χ0v) is 10.4. The average Bonchev–Trinajstić information content (AvgIpc) is 2.36. The maximum atomic E-state index is 11.2. The van der Waals surface area contributed by atoms with Crippen LogP contribution in [0, 0.1) is 0 Å². The Kier molecular flexibility index (Phi) is 5.26. The predicted molar refractivity (Wildman–Crippen MR) is 62.3 cm³/mol. The highest BCUT2D eigenvalue weighted by Crippen LogP contribution is 2.26. The molecule has 0 fully saturated rings. The number of nitrogens with zero attached hydrogens (tertiary/aromatic N) is 1. The van der Waals surface area contributed by atoms with E-state index in [4.69, 9.17) is 14.2 Å². The SMILES string of the molecule is CCOC(=O)CCc1cc(OC)c(OC)cn1. The molecule has 1 aromatic rings. The molecule has 0 spiro atoms. The van der Waals surface area contributed by atoms with Crippen molar-refractivity contribution in [2.24, 2.45) is 0 Å². The molecule has 0 atom stereocenters. The fraction of sp³-hybridized carbons (Fsp3) is 0.500. The minimum atomic E-state index is -0.218. The molecule has 1 rings (SSSR count). The van der Waals surface area contributed by atoms with Gasteiger partial charge >= 0.3 is 5.97 Å². The minimum absolute atomic E-state index is 0.218. The van der Waals surface area contributed by atoms with Crippen molar-refractivity contribution in [2.75, 3.05) is 20.8 Å². The molecule has 0 aromatic carbocycles. The van der Waals surface area contributed by atoms with Crippen LogP contribution in [0.3, 0.4) is 0 Å². The third kappa shape index (κ3) is 3.94. The van der Waals surface area contributed by atoms with Gasteiger partial charge in [0.1, 0.15) is 0 Å². The third-order valence-corrected chi connectivity index (χ3v) is 2.22. The maximum absolute atomic E-state index is 11.2. The molecule has 0 radical (unpaired) electrons. The lowest BCUT2D eigenvalue weighted by Gasteiger charge is -2.08. The van der Waals surface area contributed by atoms with Gasteiger partial charge in [0.05, 0.1) is 33.4 Å². The van der Waals surface area contributed by atoms with Crippen LogP contribution in [-0.4, -0.2) is 31.8 Å². The highest BCUT2D eigenvalue weighted by Gasteiger charge is 2.08. The second kappa shape index (κ2) is 6.73. The van der Waals surface area contributed by atoms with Gasteiger partial charge in [0.25, 0.3) is 0 Å². The Hall–Kier alpha value is -1.78. The molecule has 0 N–H and O–H groups in total. The van der Waals surface area contributed by atoms with Crippen molar-refractivity contribution >= 4 is 5.97 Å². The Morgan fingerprint density at radius 1 is 1.29 bits per heavy atom. The molecule has 0 aliphatic heterocycles. The number of hydrogen-bond donors (Lipinski definition) is 0. The Morgan fingerprint density at radius 3 is 2.59 bits per heavy atom. The monoisotopic (exact) mass is 239 g/mol. The van der Waals surface area contributed by atoms with E-state index in [0.717, 1.165) is 5.69 Å². The summed E-state index contributed by atoms with van der Waals surface area (Å²) in [6.07, 6.45) is 2.43. The van der Waals surface area contributed by atoms with Crippen LogP contribution >= 0.6 is 0 Å². The molecule has 0 amide bonds. The van der Waals surface area contributed by atoms with Crippen LogP contribution in [-0.2, 0) is 16.0 Å². The summed E-state index contributed by atoms with van der Waals surface area (Å²) in [5, 5.41) is 0. The zero-order chi connectivity index (χ0) is 12.7. The van der Waals surface area contributed by atoms with E-state index in [2.05, 4.69) is 4.98 Å². The van der Waals surface area contributed by atoms with Gasteiger partial charge in [-0.1, -0.05) is 0 Å². The molecule has 1 aromatic heterocycles. The summed E-state index contributed by atoms with van der Waals surface area (Å²) in [6, 6.07) is 1.76. The molecular formula is C12H17NO4. The summed E-state index contributed by atoms with van der Waals surface area (Å²) in [7, 11) is 3.12. The van der Waals surface area contributed by atoms with Gasteiger partial charge in [-0.05, 0) is 6.92 Å². The van der Waals surface area contributed by atoms with E-state index >= 15 is 0 Å². The second-order valence-corrected chi connectivity index (χ2v) is 3.34. The van der Waals surface area contributed by atoms with E-state index in [0.29, 0.717) is 30.9 Å². The molecule has 17 heavy (non-hydrogen) atoms. The van der Waals surface area contributed by atoms with Gasteiger partial charge in [-0.3, -0.25) is 9.78 Å². The summed E-state index contributed by atoms with van der Waals surface area (Å²) in [5.74, 6) is 0.970. The number of hydrogen-bond acceptors (Lipinski definition) is 5. The number of aromatic nitrogens is 1. The number of esters is 1. The Labute approximate surface area is 101 Å². The number of rotatable bonds is 6. The number of pyridine rings is 1. The van der Waals surface area contributed by atoms with Crippen LogP contribution in [0.2, 0.25) is 0 Å². The van der Waals surface area contributed by atoms with Gasteiger partial charge in [0.15, 0.2) is 11.5 Å². The summed E-state index contributed by atoms with van der Waals surface area (Å²) >= 11 is 0. The summed E-state index contributed by atoms with van der Waals surface area (Å²) in [4.78, 5) is 15.4. The molecule has 94 valence electrons. The minimum Gasteiger partial charge on any atom is -0.493 e. The van der Waals surface area contributed by atoms with Gasteiger partial charge in [0, 0.05) is 18.2 Å². The molecule has 0 saturated heterocycles. The van der Waals surface area contributed by atoms with E-state index < -0.39 is 0 Å². The van der Waals surface area contributed by atoms with E-state index in [9.17, 15) is 4.79 Å². The lowest BCUT2D eigenvalue weighted by atomic mass is 10.2. The van der Waals surface area contributed by atoms with Gasteiger partial charge in [0.2, 0.25) is 0 Å². The van der Waals surface area contributed by atoms with E-state index in [1.165, 1.54) is 0 Å². The number of carbonyl (C=O) groups is 1. The number of carbonyl (C=O) groups excluding carboxylic acids is 1. The first kappa shape index (κ1) is 13.3. The van der Waals surface area contributed by atoms with Crippen molar-refractivity contribution in [3.8, 4) is 11.5 Å². The van der Waals surface area contributed by atoms with Crippen molar-refractivity contribution in [2.45, 2.75) is 19.8 Å². The van der Waals surface area contributed by atoms with E-state index in [1.54, 1.807) is 33.4 Å². The molecule has 0 bridgehead atoms.